The van der Waals surface area contributed by atoms with Gasteiger partial charge < -0.3 is 24.3 Å². The Morgan fingerprint density at radius 1 is 1.37 bits per heavy atom. The number of methoxy groups -OCH3 is 1. The summed E-state index contributed by atoms with van der Waals surface area (Å²) in [7, 11) is 1.34. The average molecular weight is 382 g/mol. The number of rotatable bonds is 9. The summed E-state index contributed by atoms with van der Waals surface area (Å²) in [6, 6.07) is 2.26. The second-order valence-corrected chi connectivity index (χ2v) is 5.73. The van der Waals surface area contributed by atoms with Crippen molar-refractivity contribution in [2.24, 2.45) is 0 Å². The standard InChI is InChI=1S/C17H22N2O8/c1-3-25-15-8-13(19(22)23)12(7-14(15)24-2)17(21)27-10-16(20)18-9-11-5-4-6-26-11/h7-8,11H,3-6,9-10H2,1-2H3,(H,18,20)/t11-/m0/s1. The van der Waals surface area contributed by atoms with Crippen molar-refractivity contribution in [1.29, 1.82) is 0 Å². The van der Waals surface area contributed by atoms with Crippen molar-refractivity contribution in [2.45, 2.75) is 25.9 Å². The third kappa shape index (κ3) is 5.55. The maximum Gasteiger partial charge on any atom is 0.345 e. The van der Waals surface area contributed by atoms with Gasteiger partial charge >= 0.3 is 5.97 Å². The molecule has 1 saturated heterocycles. The van der Waals surface area contributed by atoms with Crippen LogP contribution in [0.15, 0.2) is 12.1 Å². The maximum atomic E-state index is 12.2. The Morgan fingerprint density at radius 3 is 2.74 bits per heavy atom. The van der Waals surface area contributed by atoms with Gasteiger partial charge in [0, 0.05) is 19.2 Å². The Morgan fingerprint density at radius 2 is 2.15 bits per heavy atom. The molecule has 1 fully saturated rings. The van der Waals surface area contributed by atoms with E-state index in [2.05, 4.69) is 5.32 Å². The second kappa shape index (κ2) is 9.72. The highest BCUT2D eigenvalue weighted by Gasteiger charge is 2.26. The minimum atomic E-state index is -1.00. The molecule has 1 heterocycles. The second-order valence-electron chi connectivity index (χ2n) is 5.73. The number of nitrogens with zero attached hydrogens (tertiary/aromatic N) is 1. The van der Waals surface area contributed by atoms with Crippen LogP contribution in [0.5, 0.6) is 11.5 Å². The van der Waals surface area contributed by atoms with Crippen LogP contribution in [0.1, 0.15) is 30.1 Å². The van der Waals surface area contributed by atoms with Crippen molar-refractivity contribution >= 4 is 17.6 Å². The molecular weight excluding hydrogens is 360 g/mol. The van der Waals surface area contributed by atoms with Crippen LogP contribution in [0.25, 0.3) is 0 Å². The number of hydrogen-bond acceptors (Lipinski definition) is 8. The molecule has 148 valence electrons. The first kappa shape index (κ1) is 20.4. The van der Waals surface area contributed by atoms with Gasteiger partial charge in [0.25, 0.3) is 11.6 Å². The summed E-state index contributed by atoms with van der Waals surface area (Å²) in [5.74, 6) is -1.23. The molecule has 0 unspecified atom stereocenters. The predicted octanol–water partition coefficient (Wildman–Crippen LogP) is 1.45. The van der Waals surface area contributed by atoms with Gasteiger partial charge in [-0.05, 0) is 19.8 Å². The summed E-state index contributed by atoms with van der Waals surface area (Å²) >= 11 is 0. The largest absolute Gasteiger partial charge is 0.493 e. The van der Waals surface area contributed by atoms with E-state index in [0.29, 0.717) is 13.2 Å². The van der Waals surface area contributed by atoms with E-state index in [-0.39, 0.29) is 29.8 Å². The van der Waals surface area contributed by atoms with Gasteiger partial charge in [0.15, 0.2) is 18.1 Å². The zero-order valence-corrected chi connectivity index (χ0v) is 15.2. The van der Waals surface area contributed by atoms with Crippen LogP contribution in [-0.4, -0.2) is 56.4 Å². The molecular formula is C17H22N2O8. The van der Waals surface area contributed by atoms with Gasteiger partial charge in [0.05, 0.1) is 30.8 Å². The fourth-order valence-corrected chi connectivity index (χ4v) is 2.58. The summed E-state index contributed by atoms with van der Waals surface area (Å²) in [4.78, 5) is 34.6. The van der Waals surface area contributed by atoms with Crippen LogP contribution in [-0.2, 0) is 14.3 Å². The third-order valence-corrected chi connectivity index (χ3v) is 3.88. The van der Waals surface area contributed by atoms with E-state index >= 15 is 0 Å². The van der Waals surface area contributed by atoms with Crippen molar-refractivity contribution in [3.8, 4) is 11.5 Å². The molecule has 1 aromatic rings. The van der Waals surface area contributed by atoms with Gasteiger partial charge in [-0.3, -0.25) is 14.9 Å². The molecule has 10 heteroatoms. The molecule has 0 radical (unpaired) electrons. The van der Waals surface area contributed by atoms with Gasteiger partial charge in [0.2, 0.25) is 0 Å². The van der Waals surface area contributed by atoms with E-state index < -0.39 is 29.1 Å². The summed E-state index contributed by atoms with van der Waals surface area (Å²) in [6.45, 7) is 2.41. The minimum Gasteiger partial charge on any atom is -0.493 e. The molecule has 0 saturated carbocycles. The van der Waals surface area contributed by atoms with Crippen LogP contribution >= 0.6 is 0 Å². The Bertz CT molecular complexity index is 700. The quantitative estimate of drug-likeness (QED) is 0.386. The first-order valence-electron chi connectivity index (χ1n) is 8.50. The lowest BCUT2D eigenvalue weighted by atomic mass is 10.1. The molecule has 0 bridgehead atoms. The molecule has 1 amide bonds. The molecule has 2 rings (SSSR count). The topological polar surface area (TPSA) is 126 Å². The number of nitro benzene ring substituents is 1. The van der Waals surface area contributed by atoms with Gasteiger partial charge in [-0.25, -0.2) is 4.79 Å². The lowest BCUT2D eigenvalue weighted by Gasteiger charge is -2.12. The van der Waals surface area contributed by atoms with Crippen LogP contribution in [0.4, 0.5) is 5.69 Å². The highest BCUT2D eigenvalue weighted by atomic mass is 16.6. The monoisotopic (exact) mass is 382 g/mol. The molecule has 1 aromatic carbocycles. The lowest BCUT2D eigenvalue weighted by molar-refractivity contribution is -0.385. The first-order valence-corrected chi connectivity index (χ1v) is 8.50. The normalized spacial score (nSPS) is 15.9. The van der Waals surface area contributed by atoms with E-state index in [1.807, 2.05) is 0 Å². The van der Waals surface area contributed by atoms with Crippen LogP contribution < -0.4 is 14.8 Å². The summed E-state index contributed by atoms with van der Waals surface area (Å²) in [5.41, 5.74) is -0.823. The van der Waals surface area contributed by atoms with Crippen molar-refractivity contribution in [3.05, 3.63) is 27.8 Å². The third-order valence-electron chi connectivity index (χ3n) is 3.88. The smallest absolute Gasteiger partial charge is 0.345 e. The number of nitro groups is 1. The van der Waals surface area contributed by atoms with Crippen molar-refractivity contribution in [3.63, 3.8) is 0 Å². The van der Waals surface area contributed by atoms with E-state index in [9.17, 15) is 19.7 Å². The van der Waals surface area contributed by atoms with Crippen molar-refractivity contribution < 1.29 is 33.5 Å². The molecule has 0 aromatic heterocycles. The predicted molar refractivity (Wildman–Crippen MR) is 93.1 cm³/mol. The van der Waals surface area contributed by atoms with Crippen LogP contribution in [0.2, 0.25) is 0 Å². The fourth-order valence-electron chi connectivity index (χ4n) is 2.58. The average Bonchev–Trinajstić information content (AvgIpc) is 3.17. The number of esters is 1. The van der Waals surface area contributed by atoms with Crippen molar-refractivity contribution in [2.75, 3.05) is 33.5 Å². The zero-order chi connectivity index (χ0) is 19.8. The van der Waals surface area contributed by atoms with Gasteiger partial charge in [0.1, 0.15) is 5.56 Å². The first-order chi connectivity index (χ1) is 13.0. The molecule has 0 spiro atoms. The molecule has 27 heavy (non-hydrogen) atoms. The molecule has 10 nitrogen and oxygen atoms in total. The lowest BCUT2D eigenvalue weighted by Crippen LogP contribution is -2.34. The molecule has 1 N–H and O–H groups in total. The van der Waals surface area contributed by atoms with Gasteiger partial charge in [-0.1, -0.05) is 0 Å². The van der Waals surface area contributed by atoms with Gasteiger partial charge in [-0.15, -0.1) is 0 Å². The zero-order valence-electron chi connectivity index (χ0n) is 15.2. The Labute approximate surface area is 155 Å². The number of nitrogens with one attached hydrogen (secondary N) is 1. The van der Waals surface area contributed by atoms with Crippen molar-refractivity contribution in [1.82, 2.24) is 5.32 Å². The van der Waals surface area contributed by atoms with E-state index in [0.717, 1.165) is 25.0 Å². The van der Waals surface area contributed by atoms with Crippen LogP contribution in [0.3, 0.4) is 0 Å². The number of carbonyl (C=O) groups excluding carboxylic acids is 2. The number of carbonyl (C=O) groups is 2. The minimum absolute atomic E-state index is 0.0406. The number of amides is 1. The van der Waals surface area contributed by atoms with Crippen LogP contribution in [0, 0.1) is 10.1 Å². The summed E-state index contributed by atoms with van der Waals surface area (Å²) in [6.07, 6.45) is 1.76. The Kier molecular flexibility index (Phi) is 7.35. The van der Waals surface area contributed by atoms with Gasteiger partial charge in [-0.2, -0.15) is 0 Å². The SMILES string of the molecule is CCOc1cc([N+](=O)[O-])c(C(=O)OCC(=O)NC[C@@H]2CCCO2)cc1OC. The van der Waals surface area contributed by atoms with E-state index in [4.69, 9.17) is 18.9 Å². The number of ether oxygens (including phenoxy) is 4. The molecule has 1 aliphatic heterocycles. The fraction of sp³-hybridized carbons (Fsp3) is 0.529. The Balaban J connectivity index is 2.03. The number of benzene rings is 1. The molecule has 1 atom stereocenters. The molecule has 0 aliphatic carbocycles. The highest BCUT2D eigenvalue weighted by molar-refractivity contribution is 5.96. The summed E-state index contributed by atoms with van der Waals surface area (Å²) < 4.78 is 20.6. The highest BCUT2D eigenvalue weighted by Crippen LogP contribution is 2.35. The van der Waals surface area contributed by atoms with E-state index in [1.165, 1.54) is 7.11 Å². The van der Waals surface area contributed by atoms with E-state index in [1.54, 1.807) is 6.92 Å². The number of hydrogen-bond donors (Lipinski definition) is 1. The summed E-state index contributed by atoms with van der Waals surface area (Å²) in [5, 5.41) is 13.9. The Hall–Kier alpha value is -2.88. The maximum absolute atomic E-state index is 12.2. The molecule has 1 aliphatic rings.